The summed E-state index contributed by atoms with van der Waals surface area (Å²) in [6, 6.07) is 13.3. The molecule has 1 saturated heterocycles. The Kier molecular flexibility index (Phi) is 4.24. The minimum Gasteiger partial charge on any atom is -0.497 e. The lowest BCUT2D eigenvalue weighted by atomic mass is 10.0. The Hall–Kier alpha value is -3.02. The van der Waals surface area contributed by atoms with Gasteiger partial charge in [-0.05, 0) is 37.1 Å². The molecule has 2 aromatic carbocycles. The van der Waals surface area contributed by atoms with Gasteiger partial charge in [-0.2, -0.15) is 5.10 Å². The molecule has 26 heavy (non-hydrogen) atoms. The van der Waals surface area contributed by atoms with E-state index in [2.05, 4.69) is 10.2 Å². The first-order valence-corrected chi connectivity index (χ1v) is 8.69. The van der Waals surface area contributed by atoms with Gasteiger partial charge in [-0.15, -0.1) is 0 Å². The molecular formula is C20H21N3O3. The number of benzene rings is 2. The minimum absolute atomic E-state index is 0.0528. The highest BCUT2D eigenvalue weighted by atomic mass is 16.5. The average Bonchev–Trinajstić information content (AvgIpc) is 3.34. The molecule has 0 spiro atoms. The van der Waals surface area contributed by atoms with Crippen LogP contribution in [-0.4, -0.2) is 41.8 Å². The zero-order valence-electron chi connectivity index (χ0n) is 14.9. The van der Waals surface area contributed by atoms with E-state index in [4.69, 9.17) is 9.47 Å². The predicted octanol–water partition coefficient (Wildman–Crippen LogP) is 3.56. The zero-order chi connectivity index (χ0) is 18.1. The quantitative estimate of drug-likeness (QED) is 0.780. The minimum atomic E-state index is -0.0603. The first-order valence-electron chi connectivity index (χ1n) is 8.69. The summed E-state index contributed by atoms with van der Waals surface area (Å²) in [6.45, 7) is 0.699. The predicted molar refractivity (Wildman–Crippen MR) is 98.7 cm³/mol. The summed E-state index contributed by atoms with van der Waals surface area (Å²) in [5.41, 5.74) is 2.30. The molecule has 1 fully saturated rings. The van der Waals surface area contributed by atoms with Crippen LogP contribution in [0.15, 0.2) is 42.5 Å². The highest BCUT2D eigenvalue weighted by Gasteiger charge is 2.34. The second-order valence-electron chi connectivity index (χ2n) is 6.38. The number of carbonyl (C=O) groups excluding carboxylic acids is 1. The molecular weight excluding hydrogens is 330 g/mol. The van der Waals surface area contributed by atoms with Crippen LogP contribution in [0, 0.1) is 0 Å². The summed E-state index contributed by atoms with van der Waals surface area (Å²) in [7, 11) is 3.28. The highest BCUT2D eigenvalue weighted by Crippen LogP contribution is 2.39. The van der Waals surface area contributed by atoms with Crippen molar-refractivity contribution in [3.8, 4) is 11.5 Å². The molecule has 3 aromatic rings. The second-order valence-corrected chi connectivity index (χ2v) is 6.38. The van der Waals surface area contributed by atoms with Crippen molar-refractivity contribution >= 4 is 16.8 Å². The van der Waals surface area contributed by atoms with Gasteiger partial charge in [0, 0.05) is 17.5 Å². The molecule has 1 unspecified atom stereocenters. The summed E-state index contributed by atoms with van der Waals surface area (Å²) < 4.78 is 10.9. The number of likely N-dealkylation sites (tertiary alicyclic amines) is 1. The number of rotatable bonds is 4. The molecule has 6 heteroatoms. The fraction of sp³-hybridized carbons (Fsp3) is 0.300. The number of ether oxygens (including phenoxy) is 2. The average molecular weight is 351 g/mol. The fourth-order valence-corrected chi connectivity index (χ4v) is 3.70. The third kappa shape index (κ3) is 2.67. The molecule has 1 N–H and O–H groups in total. The first kappa shape index (κ1) is 16.4. The van der Waals surface area contributed by atoms with Crippen LogP contribution in [0.2, 0.25) is 0 Å². The Morgan fingerprint density at radius 1 is 1.19 bits per heavy atom. The van der Waals surface area contributed by atoms with Gasteiger partial charge >= 0.3 is 0 Å². The molecule has 1 atom stereocenters. The standard InChI is InChI=1S/C20H21N3O3/c1-25-13-9-10-18(26-2)15(12-13)17-8-5-11-23(17)20(24)19-14-6-3-4-7-16(14)21-22-19/h3-4,6-7,9-10,12,17H,5,8,11H2,1-2H3,(H,21,22). The van der Waals surface area contributed by atoms with Crippen LogP contribution in [0.1, 0.15) is 34.9 Å². The van der Waals surface area contributed by atoms with Crippen molar-refractivity contribution < 1.29 is 14.3 Å². The molecule has 1 amide bonds. The van der Waals surface area contributed by atoms with E-state index in [0.29, 0.717) is 12.2 Å². The number of fused-ring (bicyclic) bond motifs is 1. The normalized spacial score (nSPS) is 16.8. The van der Waals surface area contributed by atoms with E-state index in [1.54, 1.807) is 14.2 Å². The molecule has 2 heterocycles. The summed E-state index contributed by atoms with van der Waals surface area (Å²) >= 11 is 0. The number of amides is 1. The number of carbonyl (C=O) groups is 1. The SMILES string of the molecule is COc1ccc(OC)c(C2CCCN2C(=O)c2n[nH]c3ccccc23)c1. The van der Waals surface area contributed by atoms with E-state index in [-0.39, 0.29) is 11.9 Å². The summed E-state index contributed by atoms with van der Waals surface area (Å²) in [4.78, 5) is 15.1. The number of para-hydroxylation sites is 1. The van der Waals surface area contributed by atoms with Crippen LogP contribution in [0.4, 0.5) is 0 Å². The summed E-state index contributed by atoms with van der Waals surface area (Å²) in [5, 5.41) is 8.07. The topological polar surface area (TPSA) is 67.5 Å². The fourth-order valence-electron chi connectivity index (χ4n) is 3.70. The van der Waals surface area contributed by atoms with Gasteiger partial charge in [-0.1, -0.05) is 18.2 Å². The molecule has 1 aliphatic rings. The van der Waals surface area contributed by atoms with E-state index in [1.807, 2.05) is 47.4 Å². The van der Waals surface area contributed by atoms with Gasteiger partial charge in [0.05, 0.1) is 25.8 Å². The van der Waals surface area contributed by atoms with Crippen LogP contribution >= 0.6 is 0 Å². The van der Waals surface area contributed by atoms with E-state index >= 15 is 0 Å². The van der Waals surface area contributed by atoms with E-state index < -0.39 is 0 Å². The van der Waals surface area contributed by atoms with E-state index in [1.165, 1.54) is 0 Å². The maximum atomic E-state index is 13.2. The van der Waals surface area contributed by atoms with E-state index in [0.717, 1.165) is 40.8 Å². The Balaban J connectivity index is 1.72. The Labute approximate surface area is 151 Å². The summed E-state index contributed by atoms with van der Waals surface area (Å²) in [6.07, 6.45) is 1.83. The Morgan fingerprint density at radius 2 is 2.04 bits per heavy atom. The van der Waals surface area contributed by atoms with Crippen LogP contribution < -0.4 is 9.47 Å². The molecule has 0 bridgehead atoms. The molecule has 4 rings (SSSR count). The summed E-state index contributed by atoms with van der Waals surface area (Å²) in [5.74, 6) is 1.46. The largest absolute Gasteiger partial charge is 0.497 e. The number of aromatic nitrogens is 2. The van der Waals surface area contributed by atoms with Gasteiger partial charge in [-0.25, -0.2) is 0 Å². The molecule has 0 saturated carbocycles. The van der Waals surface area contributed by atoms with Gasteiger partial charge in [0.25, 0.3) is 5.91 Å². The van der Waals surface area contributed by atoms with Gasteiger partial charge < -0.3 is 14.4 Å². The van der Waals surface area contributed by atoms with Crippen LogP contribution in [0.5, 0.6) is 11.5 Å². The number of nitrogens with one attached hydrogen (secondary N) is 1. The van der Waals surface area contributed by atoms with Crippen molar-refractivity contribution in [3.05, 3.63) is 53.7 Å². The van der Waals surface area contributed by atoms with Crippen molar-refractivity contribution in [1.29, 1.82) is 0 Å². The lowest BCUT2D eigenvalue weighted by Gasteiger charge is -2.26. The van der Waals surface area contributed by atoms with Gasteiger partial charge in [-0.3, -0.25) is 9.89 Å². The van der Waals surface area contributed by atoms with Crippen molar-refractivity contribution in [2.24, 2.45) is 0 Å². The Morgan fingerprint density at radius 3 is 2.85 bits per heavy atom. The lowest BCUT2D eigenvalue weighted by molar-refractivity contribution is 0.0730. The van der Waals surface area contributed by atoms with Crippen LogP contribution in [-0.2, 0) is 0 Å². The van der Waals surface area contributed by atoms with Crippen LogP contribution in [0.3, 0.4) is 0 Å². The van der Waals surface area contributed by atoms with Crippen molar-refractivity contribution in [1.82, 2.24) is 15.1 Å². The number of hydrogen-bond acceptors (Lipinski definition) is 4. The van der Waals surface area contributed by atoms with Gasteiger partial charge in [0.15, 0.2) is 5.69 Å². The molecule has 0 radical (unpaired) electrons. The molecule has 1 aromatic heterocycles. The number of H-pyrrole nitrogens is 1. The number of aromatic amines is 1. The zero-order valence-corrected chi connectivity index (χ0v) is 14.9. The molecule has 6 nitrogen and oxygen atoms in total. The number of methoxy groups -OCH3 is 2. The third-order valence-electron chi connectivity index (χ3n) is 4.98. The second kappa shape index (κ2) is 6.71. The molecule has 134 valence electrons. The number of nitrogens with zero attached hydrogens (tertiary/aromatic N) is 2. The van der Waals surface area contributed by atoms with Crippen LogP contribution in [0.25, 0.3) is 10.9 Å². The smallest absolute Gasteiger partial charge is 0.275 e. The lowest BCUT2D eigenvalue weighted by Crippen LogP contribution is -2.31. The van der Waals surface area contributed by atoms with Crippen molar-refractivity contribution in [2.75, 3.05) is 20.8 Å². The number of hydrogen-bond donors (Lipinski definition) is 1. The van der Waals surface area contributed by atoms with Crippen molar-refractivity contribution in [3.63, 3.8) is 0 Å². The molecule has 0 aliphatic carbocycles. The monoisotopic (exact) mass is 351 g/mol. The Bertz CT molecular complexity index is 950. The van der Waals surface area contributed by atoms with Crippen molar-refractivity contribution in [2.45, 2.75) is 18.9 Å². The van der Waals surface area contributed by atoms with E-state index in [9.17, 15) is 4.79 Å². The van der Waals surface area contributed by atoms with Gasteiger partial charge in [0.2, 0.25) is 0 Å². The maximum Gasteiger partial charge on any atom is 0.275 e. The highest BCUT2D eigenvalue weighted by molar-refractivity contribution is 6.04. The van der Waals surface area contributed by atoms with Gasteiger partial charge in [0.1, 0.15) is 11.5 Å². The maximum absolute atomic E-state index is 13.2. The first-order chi connectivity index (χ1) is 12.7. The third-order valence-corrected chi connectivity index (χ3v) is 4.98. The molecule has 1 aliphatic heterocycles.